The van der Waals surface area contributed by atoms with E-state index in [2.05, 4.69) is 10.5 Å². The Morgan fingerprint density at radius 2 is 1.82 bits per heavy atom. The van der Waals surface area contributed by atoms with E-state index in [0.717, 1.165) is 43.4 Å². The maximum atomic E-state index is 11.7. The van der Waals surface area contributed by atoms with Crippen molar-refractivity contribution in [2.75, 3.05) is 0 Å². The molecule has 0 unspecified atom stereocenters. The van der Waals surface area contributed by atoms with Crippen LogP contribution in [-0.4, -0.2) is 16.0 Å². The van der Waals surface area contributed by atoms with Gasteiger partial charge in [0.2, 0.25) is 11.8 Å². The quantitative estimate of drug-likeness (QED) is 0.930. The lowest BCUT2D eigenvalue weighted by atomic mass is 9.81. The number of rotatable bonds is 3. The molecule has 0 radical (unpaired) electrons. The standard InChI is InChI=1S/C17H25N3O2/c1-11(21)19-17(9-5-2-6-10-17)16-18-15(22-20-16)14-12-7-3-4-8-13(12)14/h12-14H,2-10H2,1H3,(H,19,21)/t12-,13-/m0/s1. The molecule has 1 N–H and O–H groups in total. The first kappa shape index (κ1) is 14.2. The van der Waals surface area contributed by atoms with Gasteiger partial charge in [0, 0.05) is 12.8 Å². The van der Waals surface area contributed by atoms with Crippen molar-refractivity contribution in [3.05, 3.63) is 11.7 Å². The molecule has 120 valence electrons. The van der Waals surface area contributed by atoms with E-state index in [1.807, 2.05) is 0 Å². The van der Waals surface area contributed by atoms with Gasteiger partial charge in [-0.1, -0.05) is 37.3 Å². The van der Waals surface area contributed by atoms with E-state index >= 15 is 0 Å². The van der Waals surface area contributed by atoms with E-state index in [1.165, 1.54) is 32.1 Å². The first-order chi connectivity index (χ1) is 10.7. The van der Waals surface area contributed by atoms with Crippen LogP contribution < -0.4 is 5.32 Å². The molecule has 3 aliphatic rings. The molecule has 0 aliphatic heterocycles. The van der Waals surface area contributed by atoms with Gasteiger partial charge in [-0.05, 0) is 37.5 Å². The molecule has 1 aromatic heterocycles. The molecule has 0 spiro atoms. The molecule has 1 amide bonds. The van der Waals surface area contributed by atoms with E-state index in [4.69, 9.17) is 9.51 Å². The highest BCUT2D eigenvalue weighted by Crippen LogP contribution is 2.60. The molecule has 0 aromatic carbocycles. The molecule has 0 bridgehead atoms. The molecule has 3 fully saturated rings. The van der Waals surface area contributed by atoms with E-state index in [1.54, 1.807) is 6.92 Å². The zero-order valence-electron chi connectivity index (χ0n) is 13.3. The second-order valence-electron chi connectivity index (χ2n) is 7.42. The highest BCUT2D eigenvalue weighted by atomic mass is 16.5. The van der Waals surface area contributed by atoms with Crippen molar-refractivity contribution in [1.82, 2.24) is 15.5 Å². The van der Waals surface area contributed by atoms with E-state index in [-0.39, 0.29) is 5.91 Å². The Kier molecular flexibility index (Phi) is 3.46. The summed E-state index contributed by atoms with van der Waals surface area (Å²) in [6.45, 7) is 1.58. The Hall–Kier alpha value is -1.39. The van der Waals surface area contributed by atoms with Crippen molar-refractivity contribution in [1.29, 1.82) is 0 Å². The average Bonchev–Trinajstić information content (AvgIpc) is 3.03. The van der Waals surface area contributed by atoms with Crippen molar-refractivity contribution in [3.63, 3.8) is 0 Å². The van der Waals surface area contributed by atoms with Crippen molar-refractivity contribution in [2.45, 2.75) is 76.2 Å². The van der Waals surface area contributed by atoms with Crippen molar-refractivity contribution < 1.29 is 9.32 Å². The summed E-state index contributed by atoms with van der Waals surface area (Å²) in [7, 11) is 0. The molecular formula is C17H25N3O2. The van der Waals surface area contributed by atoms with Crippen LogP contribution in [0.15, 0.2) is 4.52 Å². The van der Waals surface area contributed by atoms with Crippen LogP contribution in [0.1, 0.15) is 82.3 Å². The third-order valence-corrected chi connectivity index (χ3v) is 5.93. The number of carbonyl (C=O) groups excluding carboxylic acids is 1. The Morgan fingerprint density at radius 3 is 2.45 bits per heavy atom. The molecule has 3 aliphatic carbocycles. The maximum Gasteiger partial charge on any atom is 0.230 e. The Balaban J connectivity index is 1.57. The van der Waals surface area contributed by atoms with Crippen LogP contribution in [0.25, 0.3) is 0 Å². The Labute approximate surface area is 131 Å². The average molecular weight is 303 g/mol. The van der Waals surface area contributed by atoms with Crippen LogP contribution in [0, 0.1) is 11.8 Å². The predicted molar refractivity (Wildman–Crippen MR) is 81.1 cm³/mol. The molecule has 0 saturated heterocycles. The highest BCUT2D eigenvalue weighted by Gasteiger charge is 2.55. The SMILES string of the molecule is CC(=O)NC1(c2noc(C3[C@H]4CCCC[C@H]34)n2)CCCCC1. The molecule has 1 heterocycles. The minimum Gasteiger partial charge on any atom is -0.343 e. The maximum absolute atomic E-state index is 11.7. The fraction of sp³-hybridized carbons (Fsp3) is 0.824. The summed E-state index contributed by atoms with van der Waals surface area (Å²) in [5.74, 6) is 3.55. The largest absolute Gasteiger partial charge is 0.343 e. The van der Waals surface area contributed by atoms with Gasteiger partial charge in [0.1, 0.15) is 5.54 Å². The third-order valence-electron chi connectivity index (χ3n) is 5.93. The fourth-order valence-corrected chi connectivity index (χ4v) is 4.82. The van der Waals surface area contributed by atoms with Gasteiger partial charge in [-0.25, -0.2) is 0 Å². The summed E-state index contributed by atoms with van der Waals surface area (Å²) in [6.07, 6.45) is 10.6. The first-order valence-electron chi connectivity index (χ1n) is 8.82. The van der Waals surface area contributed by atoms with Crippen LogP contribution in [0.4, 0.5) is 0 Å². The second kappa shape index (κ2) is 5.36. The van der Waals surface area contributed by atoms with Gasteiger partial charge in [0.05, 0.1) is 0 Å². The molecule has 3 saturated carbocycles. The van der Waals surface area contributed by atoms with Crippen LogP contribution in [0.5, 0.6) is 0 Å². The zero-order valence-corrected chi connectivity index (χ0v) is 13.3. The fourth-order valence-electron chi connectivity index (χ4n) is 4.82. The minimum atomic E-state index is -0.397. The number of hydrogen-bond donors (Lipinski definition) is 1. The molecule has 5 nitrogen and oxygen atoms in total. The van der Waals surface area contributed by atoms with Gasteiger partial charge < -0.3 is 9.84 Å². The summed E-state index contributed by atoms with van der Waals surface area (Å²) in [5, 5.41) is 7.41. The van der Waals surface area contributed by atoms with E-state index in [0.29, 0.717) is 11.7 Å². The van der Waals surface area contributed by atoms with Gasteiger partial charge in [-0.2, -0.15) is 4.98 Å². The molecule has 2 atom stereocenters. The molecule has 1 aromatic rings. The predicted octanol–water partition coefficient (Wildman–Crippen LogP) is 3.27. The van der Waals surface area contributed by atoms with Gasteiger partial charge in [-0.3, -0.25) is 4.79 Å². The van der Waals surface area contributed by atoms with Crippen LogP contribution in [0.3, 0.4) is 0 Å². The summed E-state index contributed by atoms with van der Waals surface area (Å²) in [4.78, 5) is 16.4. The zero-order chi connectivity index (χ0) is 15.2. The molecule has 22 heavy (non-hydrogen) atoms. The lowest BCUT2D eigenvalue weighted by molar-refractivity contribution is -0.121. The van der Waals surface area contributed by atoms with Crippen LogP contribution in [-0.2, 0) is 10.3 Å². The van der Waals surface area contributed by atoms with Gasteiger partial charge >= 0.3 is 0 Å². The summed E-state index contributed by atoms with van der Waals surface area (Å²) >= 11 is 0. The topological polar surface area (TPSA) is 68.0 Å². The molecule has 5 heteroatoms. The van der Waals surface area contributed by atoms with Gasteiger partial charge in [0.25, 0.3) is 0 Å². The summed E-state index contributed by atoms with van der Waals surface area (Å²) in [5.41, 5.74) is -0.397. The smallest absolute Gasteiger partial charge is 0.230 e. The normalized spacial score (nSPS) is 33.0. The van der Waals surface area contributed by atoms with E-state index < -0.39 is 5.54 Å². The number of aromatic nitrogens is 2. The lowest BCUT2D eigenvalue weighted by Crippen LogP contribution is -2.47. The third kappa shape index (κ3) is 2.34. The number of hydrogen-bond acceptors (Lipinski definition) is 4. The van der Waals surface area contributed by atoms with Crippen LogP contribution >= 0.6 is 0 Å². The number of fused-ring (bicyclic) bond motifs is 1. The Bertz CT molecular complexity index is 550. The number of amides is 1. The van der Waals surface area contributed by atoms with Gasteiger partial charge in [0.15, 0.2) is 5.82 Å². The first-order valence-corrected chi connectivity index (χ1v) is 8.82. The highest BCUT2D eigenvalue weighted by molar-refractivity contribution is 5.74. The molecule has 4 rings (SSSR count). The second-order valence-corrected chi connectivity index (χ2v) is 7.42. The van der Waals surface area contributed by atoms with E-state index in [9.17, 15) is 4.79 Å². The van der Waals surface area contributed by atoms with Crippen molar-refractivity contribution in [2.24, 2.45) is 11.8 Å². The van der Waals surface area contributed by atoms with Crippen molar-refractivity contribution in [3.8, 4) is 0 Å². The molecular weight excluding hydrogens is 278 g/mol. The van der Waals surface area contributed by atoms with Crippen molar-refractivity contribution >= 4 is 5.91 Å². The minimum absolute atomic E-state index is 0.00617. The van der Waals surface area contributed by atoms with Gasteiger partial charge in [-0.15, -0.1) is 0 Å². The summed E-state index contributed by atoms with van der Waals surface area (Å²) in [6, 6.07) is 0. The monoisotopic (exact) mass is 303 g/mol. The lowest BCUT2D eigenvalue weighted by Gasteiger charge is -2.34. The van der Waals surface area contributed by atoms with Crippen LogP contribution in [0.2, 0.25) is 0 Å². The number of carbonyl (C=O) groups is 1. The number of nitrogens with one attached hydrogen (secondary N) is 1. The number of nitrogens with zero attached hydrogens (tertiary/aromatic N) is 2. The Morgan fingerprint density at radius 1 is 1.14 bits per heavy atom. The summed E-state index contributed by atoms with van der Waals surface area (Å²) < 4.78 is 5.63.